The third-order valence-corrected chi connectivity index (χ3v) is 4.76. The second-order valence-corrected chi connectivity index (χ2v) is 6.28. The molecule has 2 N–H and O–H groups in total. The van der Waals surface area contributed by atoms with Crippen LogP contribution in [0, 0.1) is 13.8 Å². The van der Waals surface area contributed by atoms with Gasteiger partial charge >= 0.3 is 0 Å². The molecule has 1 aromatic carbocycles. The summed E-state index contributed by atoms with van der Waals surface area (Å²) in [4.78, 5) is 1.30. The van der Waals surface area contributed by atoms with Gasteiger partial charge < -0.3 is 10.4 Å². The van der Waals surface area contributed by atoms with Gasteiger partial charge in [0.1, 0.15) is 5.82 Å². The van der Waals surface area contributed by atoms with Crippen molar-refractivity contribution in [1.82, 2.24) is 9.78 Å². The number of benzene rings is 1. The molecule has 0 spiro atoms. The van der Waals surface area contributed by atoms with Crippen LogP contribution in [0.3, 0.4) is 0 Å². The molecule has 0 aliphatic rings. The highest BCUT2D eigenvalue weighted by atomic mass is 32.1. The molecule has 3 aromatic rings. The van der Waals surface area contributed by atoms with Crippen LogP contribution in [0.15, 0.2) is 30.3 Å². The Labute approximate surface area is 128 Å². The standard InChI is InChI=1S/C16H19N3OS/c1-11-12(2)18-19(7-8-20)16(11)17-10-14-9-13-5-3-4-6-15(13)21-14/h3-6,9,17,20H,7-8,10H2,1-2H3. The van der Waals surface area contributed by atoms with E-state index in [1.807, 2.05) is 11.6 Å². The first-order valence-corrected chi connectivity index (χ1v) is 7.87. The average Bonchev–Trinajstić information content (AvgIpc) is 3.00. The van der Waals surface area contributed by atoms with Crippen molar-refractivity contribution < 1.29 is 5.11 Å². The maximum absolute atomic E-state index is 9.14. The van der Waals surface area contributed by atoms with Gasteiger partial charge in [0.05, 0.1) is 25.4 Å². The van der Waals surface area contributed by atoms with Gasteiger partial charge in [-0.3, -0.25) is 0 Å². The summed E-state index contributed by atoms with van der Waals surface area (Å²) in [5.41, 5.74) is 2.15. The van der Waals surface area contributed by atoms with Gasteiger partial charge in [-0.1, -0.05) is 18.2 Å². The van der Waals surface area contributed by atoms with Crippen LogP contribution in [0.25, 0.3) is 10.1 Å². The summed E-state index contributed by atoms with van der Waals surface area (Å²) < 4.78 is 3.16. The summed E-state index contributed by atoms with van der Waals surface area (Å²) >= 11 is 1.81. The van der Waals surface area contributed by atoms with Gasteiger partial charge in [0.2, 0.25) is 0 Å². The van der Waals surface area contributed by atoms with E-state index in [0.29, 0.717) is 6.54 Å². The van der Waals surface area contributed by atoms with E-state index in [1.54, 1.807) is 11.3 Å². The highest BCUT2D eigenvalue weighted by molar-refractivity contribution is 7.19. The molecule has 3 rings (SSSR count). The number of aliphatic hydroxyl groups excluding tert-OH is 1. The molecule has 0 atom stereocenters. The van der Waals surface area contributed by atoms with Crippen molar-refractivity contribution in [3.63, 3.8) is 0 Å². The second kappa shape index (κ2) is 5.87. The van der Waals surface area contributed by atoms with Crippen LogP contribution in [0.5, 0.6) is 0 Å². The summed E-state index contributed by atoms with van der Waals surface area (Å²) in [7, 11) is 0. The number of anilines is 1. The molecule has 110 valence electrons. The van der Waals surface area contributed by atoms with Crippen molar-refractivity contribution in [3.8, 4) is 0 Å². The molecule has 0 fully saturated rings. The lowest BCUT2D eigenvalue weighted by Crippen LogP contribution is -2.10. The lowest BCUT2D eigenvalue weighted by Gasteiger charge is -2.09. The van der Waals surface area contributed by atoms with Gasteiger partial charge in [-0.05, 0) is 31.4 Å². The molecule has 0 aliphatic carbocycles. The van der Waals surface area contributed by atoms with E-state index in [0.717, 1.165) is 23.6 Å². The molecule has 0 bridgehead atoms. The average molecular weight is 301 g/mol. The molecule has 0 amide bonds. The van der Waals surface area contributed by atoms with Crippen molar-refractivity contribution >= 4 is 27.2 Å². The topological polar surface area (TPSA) is 50.1 Å². The van der Waals surface area contributed by atoms with Crippen LogP contribution in [0.1, 0.15) is 16.1 Å². The molecule has 2 aromatic heterocycles. The third-order valence-electron chi connectivity index (χ3n) is 3.65. The minimum atomic E-state index is 0.0954. The van der Waals surface area contributed by atoms with Gasteiger partial charge in [0.25, 0.3) is 0 Å². The van der Waals surface area contributed by atoms with E-state index in [2.05, 4.69) is 47.7 Å². The van der Waals surface area contributed by atoms with Gasteiger partial charge in [0, 0.05) is 15.1 Å². The fraction of sp³-hybridized carbons (Fsp3) is 0.312. The first-order valence-electron chi connectivity index (χ1n) is 7.05. The molecule has 0 saturated carbocycles. The highest BCUT2D eigenvalue weighted by Crippen LogP contribution is 2.26. The normalized spacial score (nSPS) is 11.2. The molecular formula is C16H19N3OS. The number of hydrogen-bond acceptors (Lipinski definition) is 4. The monoisotopic (exact) mass is 301 g/mol. The molecule has 0 unspecified atom stereocenters. The van der Waals surface area contributed by atoms with E-state index in [-0.39, 0.29) is 6.61 Å². The maximum atomic E-state index is 9.14. The molecule has 0 saturated heterocycles. The van der Waals surface area contributed by atoms with E-state index in [1.165, 1.54) is 15.0 Å². The Hall–Kier alpha value is -1.85. The van der Waals surface area contributed by atoms with Gasteiger partial charge in [0.15, 0.2) is 0 Å². The van der Waals surface area contributed by atoms with Crippen molar-refractivity contribution in [1.29, 1.82) is 0 Å². The number of aromatic nitrogens is 2. The van der Waals surface area contributed by atoms with Crippen LogP contribution >= 0.6 is 11.3 Å². The summed E-state index contributed by atoms with van der Waals surface area (Å²) in [5.74, 6) is 0.999. The Balaban J connectivity index is 1.81. The smallest absolute Gasteiger partial charge is 0.127 e. The maximum Gasteiger partial charge on any atom is 0.127 e. The Kier molecular flexibility index (Phi) is 3.94. The van der Waals surface area contributed by atoms with Crippen molar-refractivity contribution in [2.24, 2.45) is 0 Å². The van der Waals surface area contributed by atoms with Crippen LogP contribution in [0.4, 0.5) is 5.82 Å². The molecule has 0 radical (unpaired) electrons. The fourth-order valence-corrected chi connectivity index (χ4v) is 3.45. The van der Waals surface area contributed by atoms with Crippen LogP contribution in [0.2, 0.25) is 0 Å². The lowest BCUT2D eigenvalue weighted by molar-refractivity contribution is 0.270. The van der Waals surface area contributed by atoms with Crippen LogP contribution in [-0.4, -0.2) is 21.5 Å². The largest absolute Gasteiger partial charge is 0.394 e. The summed E-state index contributed by atoms with van der Waals surface area (Å²) in [6.07, 6.45) is 0. The number of hydrogen-bond donors (Lipinski definition) is 2. The van der Waals surface area contributed by atoms with E-state index in [9.17, 15) is 0 Å². The SMILES string of the molecule is Cc1nn(CCO)c(NCc2cc3ccccc3s2)c1C. The molecule has 4 nitrogen and oxygen atoms in total. The minimum absolute atomic E-state index is 0.0954. The highest BCUT2D eigenvalue weighted by Gasteiger charge is 2.11. The van der Waals surface area contributed by atoms with E-state index < -0.39 is 0 Å². The zero-order chi connectivity index (χ0) is 14.8. The summed E-state index contributed by atoms with van der Waals surface area (Å²) in [6, 6.07) is 10.6. The molecule has 2 heterocycles. The number of aliphatic hydroxyl groups is 1. The van der Waals surface area contributed by atoms with Crippen molar-refractivity contribution in [3.05, 3.63) is 46.5 Å². The first kappa shape index (κ1) is 14.1. The summed E-state index contributed by atoms with van der Waals surface area (Å²) in [6.45, 7) is 5.44. The number of nitrogens with zero attached hydrogens (tertiary/aromatic N) is 2. The Morgan fingerprint density at radius 2 is 2.10 bits per heavy atom. The molecule has 0 aliphatic heterocycles. The molecular weight excluding hydrogens is 282 g/mol. The quantitative estimate of drug-likeness (QED) is 0.760. The summed E-state index contributed by atoms with van der Waals surface area (Å²) in [5, 5.41) is 18.3. The van der Waals surface area contributed by atoms with Crippen molar-refractivity contribution in [2.45, 2.75) is 26.9 Å². The van der Waals surface area contributed by atoms with Gasteiger partial charge in [-0.2, -0.15) is 5.10 Å². The van der Waals surface area contributed by atoms with E-state index >= 15 is 0 Å². The van der Waals surface area contributed by atoms with E-state index in [4.69, 9.17) is 5.11 Å². The van der Waals surface area contributed by atoms with Crippen LogP contribution in [-0.2, 0) is 13.1 Å². The Morgan fingerprint density at radius 3 is 2.86 bits per heavy atom. The number of thiophene rings is 1. The zero-order valence-electron chi connectivity index (χ0n) is 12.3. The minimum Gasteiger partial charge on any atom is -0.394 e. The van der Waals surface area contributed by atoms with Gasteiger partial charge in [-0.25, -0.2) is 4.68 Å². The number of aryl methyl sites for hydroxylation is 1. The number of fused-ring (bicyclic) bond motifs is 1. The second-order valence-electron chi connectivity index (χ2n) is 5.11. The zero-order valence-corrected chi connectivity index (χ0v) is 13.1. The predicted molar refractivity (Wildman–Crippen MR) is 87.9 cm³/mol. The Bertz CT molecular complexity index is 727. The molecule has 5 heteroatoms. The van der Waals surface area contributed by atoms with Gasteiger partial charge in [-0.15, -0.1) is 11.3 Å². The lowest BCUT2D eigenvalue weighted by atomic mass is 10.2. The van der Waals surface area contributed by atoms with Crippen LogP contribution < -0.4 is 5.32 Å². The molecule has 21 heavy (non-hydrogen) atoms. The number of rotatable bonds is 5. The predicted octanol–water partition coefficient (Wildman–Crippen LogP) is 3.32. The van der Waals surface area contributed by atoms with Crippen molar-refractivity contribution in [2.75, 3.05) is 11.9 Å². The Morgan fingerprint density at radius 1 is 1.29 bits per heavy atom. The third kappa shape index (κ3) is 2.80. The first-order chi connectivity index (χ1) is 10.2. The fourth-order valence-electron chi connectivity index (χ4n) is 2.45. The number of nitrogens with one attached hydrogen (secondary N) is 1.